The lowest BCUT2D eigenvalue weighted by atomic mass is 10.1. The van der Waals surface area contributed by atoms with Crippen molar-refractivity contribution in [3.63, 3.8) is 0 Å². The van der Waals surface area contributed by atoms with Crippen LogP contribution in [0.4, 0.5) is 0 Å². The molecule has 1 rings (SSSR count). The Kier molecular flexibility index (Phi) is 5.79. The van der Waals surface area contributed by atoms with Crippen LogP contribution in [-0.4, -0.2) is 33.0 Å². The predicted octanol–water partition coefficient (Wildman–Crippen LogP) is 1.86. The second-order valence-electron chi connectivity index (χ2n) is 3.77. The van der Waals surface area contributed by atoms with Gasteiger partial charge in [-0.2, -0.15) is 16.9 Å². The predicted molar refractivity (Wildman–Crippen MR) is 65.2 cm³/mol. The quantitative estimate of drug-likeness (QED) is 0.724. The maximum Gasteiger partial charge on any atom is 0.0544 e. The van der Waals surface area contributed by atoms with Gasteiger partial charge in [-0.05, 0) is 43.8 Å². The summed E-state index contributed by atoms with van der Waals surface area (Å²) in [5.41, 5.74) is 1.19. The zero-order valence-corrected chi connectivity index (χ0v) is 10.3. The number of hydrogen-bond donors (Lipinski definition) is 1. The summed E-state index contributed by atoms with van der Waals surface area (Å²) in [7, 11) is 1.94. The second kappa shape index (κ2) is 6.90. The topological polar surface area (TPSA) is 38.1 Å². The van der Waals surface area contributed by atoms with E-state index in [-0.39, 0.29) is 6.10 Å². The van der Waals surface area contributed by atoms with Crippen molar-refractivity contribution >= 4 is 11.8 Å². The number of hydrogen-bond acceptors (Lipinski definition) is 3. The Labute approximate surface area is 95.9 Å². The van der Waals surface area contributed by atoms with E-state index in [4.69, 9.17) is 0 Å². The number of rotatable bonds is 7. The summed E-state index contributed by atoms with van der Waals surface area (Å²) in [4.78, 5) is 0. The molecule has 1 unspecified atom stereocenters. The van der Waals surface area contributed by atoms with E-state index < -0.39 is 0 Å². The number of nitrogens with zero attached hydrogens (tertiary/aromatic N) is 2. The Morgan fingerprint density at radius 2 is 2.33 bits per heavy atom. The number of aryl methyl sites for hydroxylation is 2. The van der Waals surface area contributed by atoms with Crippen LogP contribution in [0.2, 0.25) is 0 Å². The smallest absolute Gasteiger partial charge is 0.0544 e. The molecule has 86 valence electrons. The molecule has 0 spiro atoms. The van der Waals surface area contributed by atoms with Gasteiger partial charge in [0.1, 0.15) is 0 Å². The van der Waals surface area contributed by atoms with Crippen LogP contribution >= 0.6 is 11.8 Å². The van der Waals surface area contributed by atoms with Crippen molar-refractivity contribution in [2.75, 3.05) is 12.0 Å². The van der Waals surface area contributed by atoms with E-state index in [2.05, 4.69) is 11.4 Å². The first kappa shape index (κ1) is 12.6. The van der Waals surface area contributed by atoms with E-state index in [0.29, 0.717) is 0 Å². The molecule has 3 nitrogen and oxygen atoms in total. The van der Waals surface area contributed by atoms with Crippen LogP contribution in [0.3, 0.4) is 0 Å². The van der Waals surface area contributed by atoms with Crippen molar-refractivity contribution in [1.82, 2.24) is 9.78 Å². The molecule has 0 aliphatic rings. The van der Waals surface area contributed by atoms with E-state index >= 15 is 0 Å². The first-order valence-electron chi connectivity index (χ1n) is 5.38. The lowest BCUT2D eigenvalue weighted by Crippen LogP contribution is -2.10. The third-order valence-corrected chi connectivity index (χ3v) is 3.24. The summed E-state index contributed by atoms with van der Waals surface area (Å²) in [5.74, 6) is 1.14. The van der Waals surface area contributed by atoms with Crippen LogP contribution in [0, 0.1) is 0 Å². The third-order valence-electron chi connectivity index (χ3n) is 2.54. The fraction of sp³-hybridized carbons (Fsp3) is 0.727. The molecule has 1 aromatic rings. The van der Waals surface area contributed by atoms with Gasteiger partial charge < -0.3 is 5.11 Å². The summed E-state index contributed by atoms with van der Waals surface area (Å²) < 4.78 is 1.87. The second-order valence-corrected chi connectivity index (χ2v) is 4.76. The van der Waals surface area contributed by atoms with Gasteiger partial charge in [-0.1, -0.05) is 0 Å². The molecule has 0 radical (unpaired) electrons. The Hall–Kier alpha value is -0.480. The Balaban J connectivity index is 2.16. The Morgan fingerprint density at radius 3 is 2.93 bits per heavy atom. The molecule has 0 aliphatic heterocycles. The van der Waals surface area contributed by atoms with Gasteiger partial charge in [-0.25, -0.2) is 0 Å². The van der Waals surface area contributed by atoms with E-state index in [1.54, 1.807) is 6.20 Å². The molecule has 1 aromatic heterocycles. The number of aliphatic hydroxyl groups is 1. The molecule has 1 heterocycles. The van der Waals surface area contributed by atoms with Gasteiger partial charge in [0.25, 0.3) is 0 Å². The summed E-state index contributed by atoms with van der Waals surface area (Å²) in [6.07, 6.45) is 7.52. The molecule has 0 amide bonds. The maximum atomic E-state index is 9.73. The molecule has 0 saturated carbocycles. The van der Waals surface area contributed by atoms with Crippen molar-refractivity contribution in [2.45, 2.75) is 31.8 Å². The Morgan fingerprint density at radius 1 is 1.53 bits per heavy atom. The minimum Gasteiger partial charge on any atom is -0.393 e. The minimum atomic E-state index is -0.160. The molecular weight excluding hydrogens is 208 g/mol. The van der Waals surface area contributed by atoms with Crippen molar-refractivity contribution in [1.29, 1.82) is 0 Å². The maximum absolute atomic E-state index is 9.73. The number of aliphatic hydroxyl groups excluding tert-OH is 1. The third kappa shape index (κ3) is 4.71. The van der Waals surface area contributed by atoms with Crippen molar-refractivity contribution in [3.8, 4) is 0 Å². The van der Waals surface area contributed by atoms with Crippen LogP contribution in [-0.2, 0) is 13.5 Å². The van der Waals surface area contributed by atoms with Gasteiger partial charge >= 0.3 is 0 Å². The van der Waals surface area contributed by atoms with Gasteiger partial charge in [-0.15, -0.1) is 0 Å². The first-order valence-corrected chi connectivity index (χ1v) is 6.77. The lowest BCUT2D eigenvalue weighted by Gasteiger charge is -2.09. The lowest BCUT2D eigenvalue weighted by molar-refractivity contribution is 0.153. The van der Waals surface area contributed by atoms with Crippen molar-refractivity contribution in [3.05, 3.63) is 18.0 Å². The summed E-state index contributed by atoms with van der Waals surface area (Å²) in [6, 6.07) is 2.01. The zero-order valence-electron chi connectivity index (χ0n) is 9.52. The van der Waals surface area contributed by atoms with Crippen LogP contribution in [0.15, 0.2) is 12.3 Å². The summed E-state index contributed by atoms with van der Waals surface area (Å²) in [5, 5.41) is 13.8. The van der Waals surface area contributed by atoms with E-state index in [1.165, 1.54) is 5.69 Å². The molecule has 1 atom stereocenters. The Bertz CT molecular complexity index is 275. The zero-order chi connectivity index (χ0) is 11.1. The average molecular weight is 228 g/mol. The van der Waals surface area contributed by atoms with E-state index in [1.807, 2.05) is 29.6 Å². The highest BCUT2D eigenvalue weighted by molar-refractivity contribution is 7.98. The minimum absolute atomic E-state index is 0.160. The van der Waals surface area contributed by atoms with E-state index in [9.17, 15) is 5.11 Å². The number of thioether (sulfide) groups is 1. The van der Waals surface area contributed by atoms with Crippen molar-refractivity contribution in [2.24, 2.45) is 7.05 Å². The SMILES string of the molecule is CSCCCC(O)CCc1ccnn1C. The van der Waals surface area contributed by atoms with Gasteiger partial charge in [0.2, 0.25) is 0 Å². The van der Waals surface area contributed by atoms with Gasteiger partial charge in [0.05, 0.1) is 6.10 Å². The van der Waals surface area contributed by atoms with Gasteiger partial charge in [-0.3, -0.25) is 4.68 Å². The average Bonchev–Trinajstić information content (AvgIpc) is 2.61. The molecule has 0 fully saturated rings. The molecule has 0 saturated heterocycles. The van der Waals surface area contributed by atoms with E-state index in [0.717, 1.165) is 31.4 Å². The van der Waals surface area contributed by atoms with Crippen molar-refractivity contribution < 1.29 is 5.11 Å². The summed E-state index contributed by atoms with van der Waals surface area (Å²) in [6.45, 7) is 0. The van der Waals surface area contributed by atoms with Gasteiger partial charge in [0, 0.05) is 18.9 Å². The van der Waals surface area contributed by atoms with Crippen LogP contribution in [0.25, 0.3) is 0 Å². The van der Waals surface area contributed by atoms with Crippen LogP contribution < -0.4 is 0 Å². The summed E-state index contributed by atoms with van der Waals surface area (Å²) >= 11 is 1.84. The normalized spacial score (nSPS) is 13.0. The molecule has 0 bridgehead atoms. The largest absolute Gasteiger partial charge is 0.393 e. The molecule has 0 aromatic carbocycles. The fourth-order valence-corrected chi connectivity index (χ4v) is 2.02. The highest BCUT2D eigenvalue weighted by Gasteiger charge is 2.06. The molecule has 1 N–H and O–H groups in total. The molecule has 0 aliphatic carbocycles. The molecule has 15 heavy (non-hydrogen) atoms. The van der Waals surface area contributed by atoms with Crippen LogP contribution in [0.1, 0.15) is 25.0 Å². The fourth-order valence-electron chi connectivity index (χ4n) is 1.57. The molecular formula is C11H20N2OS. The highest BCUT2D eigenvalue weighted by atomic mass is 32.2. The van der Waals surface area contributed by atoms with Gasteiger partial charge in [0.15, 0.2) is 0 Å². The monoisotopic (exact) mass is 228 g/mol. The highest BCUT2D eigenvalue weighted by Crippen LogP contribution is 2.09. The standard InChI is InChI=1S/C11H20N2OS/c1-13-10(7-8-12-13)5-6-11(14)4-3-9-15-2/h7-8,11,14H,3-6,9H2,1-2H3. The number of aromatic nitrogens is 2. The van der Waals surface area contributed by atoms with Crippen LogP contribution in [0.5, 0.6) is 0 Å². The first-order chi connectivity index (χ1) is 7.24. The molecule has 4 heteroatoms.